The lowest BCUT2D eigenvalue weighted by atomic mass is 9.98. The van der Waals surface area contributed by atoms with E-state index in [1.807, 2.05) is 18.9 Å². The first-order valence-corrected chi connectivity index (χ1v) is 9.08. The molecule has 0 aromatic carbocycles. The summed E-state index contributed by atoms with van der Waals surface area (Å²) in [6.45, 7) is 5.55. The number of nitrogens with one attached hydrogen (secondary N) is 1. The average Bonchev–Trinajstić information content (AvgIpc) is 3.35. The van der Waals surface area contributed by atoms with Crippen molar-refractivity contribution in [2.75, 3.05) is 51.8 Å². The molecule has 7 nitrogen and oxygen atoms in total. The van der Waals surface area contributed by atoms with E-state index in [1.165, 1.54) is 12.8 Å². The fourth-order valence-electron chi connectivity index (χ4n) is 3.69. The Morgan fingerprint density at radius 2 is 2.12 bits per heavy atom. The van der Waals surface area contributed by atoms with E-state index in [0.717, 1.165) is 37.1 Å². The molecule has 2 atom stereocenters. The lowest BCUT2D eigenvalue weighted by Crippen LogP contribution is -2.45. The minimum atomic E-state index is 0.0898. The summed E-state index contributed by atoms with van der Waals surface area (Å²) in [5.41, 5.74) is 0.948. The van der Waals surface area contributed by atoms with Gasteiger partial charge in [-0.15, -0.1) is 0 Å². The van der Waals surface area contributed by atoms with Crippen molar-refractivity contribution in [2.24, 2.45) is 11.8 Å². The van der Waals surface area contributed by atoms with E-state index < -0.39 is 0 Å². The number of carbonyl (C=O) groups excluding carboxylic acids is 1. The summed E-state index contributed by atoms with van der Waals surface area (Å²) in [5.74, 6) is 2.28. The molecule has 1 saturated carbocycles. The van der Waals surface area contributed by atoms with Crippen LogP contribution in [-0.4, -0.2) is 73.8 Å². The van der Waals surface area contributed by atoms with Crippen molar-refractivity contribution in [3.8, 4) is 0 Å². The first-order chi connectivity index (χ1) is 12.1. The summed E-state index contributed by atoms with van der Waals surface area (Å²) in [6.07, 6.45) is 6.02. The van der Waals surface area contributed by atoms with Crippen molar-refractivity contribution in [3.63, 3.8) is 0 Å². The van der Waals surface area contributed by atoms with E-state index in [1.54, 1.807) is 19.5 Å². The predicted octanol–water partition coefficient (Wildman–Crippen LogP) is 0.694. The SMILES string of the molecule is COCCN(C)CC(=O)N[C@@H]1CN(c2nccnc2C)C[C@H]1C1CC1. The Balaban J connectivity index is 1.60. The topological polar surface area (TPSA) is 70.6 Å². The number of carbonyl (C=O) groups is 1. The molecule has 2 aliphatic rings. The summed E-state index contributed by atoms with van der Waals surface area (Å²) < 4.78 is 5.07. The van der Waals surface area contributed by atoms with Crippen molar-refractivity contribution in [2.45, 2.75) is 25.8 Å². The number of anilines is 1. The summed E-state index contributed by atoms with van der Waals surface area (Å²) in [6, 6.07) is 0.192. The van der Waals surface area contributed by atoms with Gasteiger partial charge in [-0.3, -0.25) is 14.7 Å². The number of aromatic nitrogens is 2. The van der Waals surface area contributed by atoms with E-state index >= 15 is 0 Å². The van der Waals surface area contributed by atoms with Crippen molar-refractivity contribution in [1.82, 2.24) is 20.2 Å². The molecule has 1 aliphatic carbocycles. The molecule has 1 aromatic rings. The van der Waals surface area contributed by atoms with Gasteiger partial charge in [0.25, 0.3) is 0 Å². The van der Waals surface area contributed by atoms with E-state index in [9.17, 15) is 4.79 Å². The second-order valence-corrected chi connectivity index (χ2v) is 7.28. The fraction of sp³-hybridized carbons (Fsp3) is 0.722. The molecule has 7 heteroatoms. The molecule has 0 radical (unpaired) electrons. The highest BCUT2D eigenvalue weighted by molar-refractivity contribution is 5.78. The third-order valence-electron chi connectivity index (χ3n) is 5.18. The van der Waals surface area contributed by atoms with Crippen molar-refractivity contribution >= 4 is 11.7 Å². The second-order valence-electron chi connectivity index (χ2n) is 7.28. The minimum Gasteiger partial charge on any atom is -0.383 e. The standard InChI is InChI=1S/C18H29N5O2/c1-13-18(20-7-6-19-13)23-10-15(14-4-5-14)16(11-23)21-17(24)12-22(2)8-9-25-3/h6-7,14-16H,4-5,8-12H2,1-3H3,(H,21,24)/t15-,16+/m0/s1. The number of nitrogens with zero attached hydrogens (tertiary/aromatic N) is 4. The second kappa shape index (κ2) is 8.10. The average molecular weight is 347 g/mol. The molecule has 0 bridgehead atoms. The number of rotatable bonds is 8. The zero-order valence-corrected chi connectivity index (χ0v) is 15.4. The summed E-state index contributed by atoms with van der Waals surface area (Å²) in [7, 11) is 3.62. The van der Waals surface area contributed by atoms with E-state index in [-0.39, 0.29) is 11.9 Å². The minimum absolute atomic E-state index is 0.0898. The largest absolute Gasteiger partial charge is 0.383 e. The Morgan fingerprint density at radius 1 is 1.36 bits per heavy atom. The maximum absolute atomic E-state index is 12.4. The molecule has 2 fully saturated rings. The monoisotopic (exact) mass is 347 g/mol. The van der Waals surface area contributed by atoms with Crippen molar-refractivity contribution in [1.29, 1.82) is 0 Å². The van der Waals surface area contributed by atoms with Gasteiger partial charge in [0.15, 0.2) is 0 Å². The van der Waals surface area contributed by atoms with E-state index in [0.29, 0.717) is 19.1 Å². The van der Waals surface area contributed by atoms with Gasteiger partial charge in [0.1, 0.15) is 5.82 Å². The number of hydrogen-bond donors (Lipinski definition) is 1. The lowest BCUT2D eigenvalue weighted by Gasteiger charge is -2.22. The molecule has 138 valence electrons. The van der Waals surface area contributed by atoms with Crippen LogP contribution in [0.1, 0.15) is 18.5 Å². The molecular formula is C18H29N5O2. The molecule has 1 saturated heterocycles. The Bertz CT molecular complexity index is 593. The van der Waals surface area contributed by atoms with Crippen LogP contribution in [0.2, 0.25) is 0 Å². The Hall–Kier alpha value is -1.73. The zero-order valence-electron chi connectivity index (χ0n) is 15.4. The van der Waals surface area contributed by atoms with Crippen LogP contribution < -0.4 is 10.2 Å². The molecule has 1 aromatic heterocycles. The Morgan fingerprint density at radius 3 is 2.80 bits per heavy atom. The third kappa shape index (κ3) is 4.67. The Kier molecular flexibility index (Phi) is 5.86. The smallest absolute Gasteiger partial charge is 0.234 e. The van der Waals surface area contributed by atoms with E-state index in [2.05, 4.69) is 20.2 Å². The maximum atomic E-state index is 12.4. The molecule has 0 unspecified atom stereocenters. The molecular weight excluding hydrogens is 318 g/mol. The van der Waals surface area contributed by atoms with Gasteiger partial charge in [0.2, 0.25) is 5.91 Å². The fourth-order valence-corrected chi connectivity index (χ4v) is 3.69. The highest BCUT2D eigenvalue weighted by atomic mass is 16.5. The first-order valence-electron chi connectivity index (χ1n) is 9.08. The number of ether oxygens (including phenoxy) is 1. The summed E-state index contributed by atoms with van der Waals surface area (Å²) in [5, 5.41) is 3.27. The number of methoxy groups -OCH3 is 1. The van der Waals surface area contributed by atoms with Crippen LogP contribution in [0.25, 0.3) is 0 Å². The van der Waals surface area contributed by atoms with Crippen molar-refractivity contribution in [3.05, 3.63) is 18.1 Å². The van der Waals surface area contributed by atoms with Crippen LogP contribution >= 0.6 is 0 Å². The van der Waals surface area contributed by atoms with Gasteiger partial charge in [0.05, 0.1) is 24.9 Å². The number of hydrogen-bond acceptors (Lipinski definition) is 6. The molecule has 1 amide bonds. The van der Waals surface area contributed by atoms with Gasteiger partial charge in [-0.25, -0.2) is 4.98 Å². The van der Waals surface area contributed by atoms with Crippen LogP contribution in [0.3, 0.4) is 0 Å². The van der Waals surface area contributed by atoms with Crippen LogP contribution in [0.15, 0.2) is 12.4 Å². The van der Waals surface area contributed by atoms with Crippen LogP contribution in [0.5, 0.6) is 0 Å². The van der Waals surface area contributed by atoms with Gasteiger partial charge in [-0.2, -0.15) is 0 Å². The zero-order chi connectivity index (χ0) is 17.8. The number of amides is 1. The molecule has 3 rings (SSSR count). The maximum Gasteiger partial charge on any atom is 0.234 e. The van der Waals surface area contributed by atoms with Crippen LogP contribution in [-0.2, 0) is 9.53 Å². The first kappa shape index (κ1) is 18.1. The third-order valence-corrected chi connectivity index (χ3v) is 5.18. The van der Waals surface area contributed by atoms with Gasteiger partial charge >= 0.3 is 0 Å². The molecule has 1 aliphatic heterocycles. The summed E-state index contributed by atoms with van der Waals surface area (Å²) >= 11 is 0. The number of likely N-dealkylation sites (N-methyl/N-ethyl adjacent to an activating group) is 1. The molecule has 1 N–H and O–H groups in total. The molecule has 2 heterocycles. The molecule has 0 spiro atoms. The van der Waals surface area contributed by atoms with Crippen LogP contribution in [0.4, 0.5) is 5.82 Å². The van der Waals surface area contributed by atoms with Gasteiger partial charge in [0, 0.05) is 45.1 Å². The van der Waals surface area contributed by atoms with Crippen molar-refractivity contribution < 1.29 is 9.53 Å². The van der Waals surface area contributed by atoms with Gasteiger partial charge in [-0.05, 0) is 32.7 Å². The highest BCUT2D eigenvalue weighted by Crippen LogP contribution is 2.42. The predicted molar refractivity (Wildman–Crippen MR) is 96.5 cm³/mol. The van der Waals surface area contributed by atoms with Gasteiger partial charge < -0.3 is 15.0 Å². The Labute approximate surface area is 149 Å². The highest BCUT2D eigenvalue weighted by Gasteiger charge is 2.43. The molecule has 25 heavy (non-hydrogen) atoms. The summed E-state index contributed by atoms with van der Waals surface area (Å²) in [4.78, 5) is 25.6. The lowest BCUT2D eigenvalue weighted by molar-refractivity contribution is -0.122. The van der Waals surface area contributed by atoms with Crippen LogP contribution in [0, 0.1) is 18.8 Å². The van der Waals surface area contributed by atoms with E-state index in [4.69, 9.17) is 4.74 Å². The normalized spacial score (nSPS) is 23.3. The number of aryl methyl sites for hydroxylation is 1. The van der Waals surface area contributed by atoms with Gasteiger partial charge in [-0.1, -0.05) is 0 Å². The quantitative estimate of drug-likeness (QED) is 0.746.